The number of hydrogen-bond donors (Lipinski definition) is 1. The fraction of sp³-hybridized carbons (Fsp3) is 0.105. The zero-order chi connectivity index (χ0) is 17.6. The van der Waals surface area contributed by atoms with E-state index in [9.17, 15) is 4.79 Å². The minimum atomic E-state index is -0.337. The number of carbonyl (C=O) groups is 1. The van der Waals surface area contributed by atoms with Crippen LogP contribution in [0.25, 0.3) is 0 Å². The van der Waals surface area contributed by atoms with Crippen LogP contribution >= 0.6 is 15.9 Å². The standard InChI is InChI=1S/C19H17BrN4O/c1-14-5-7-15(8-6-14)12-21-22-19(25)18-9-10-24(23-18)13-16-3-2-4-17(20)11-16/h2-12H,13H2,1H3,(H,22,25). The Kier molecular flexibility index (Phi) is 5.40. The maximum atomic E-state index is 12.1. The Bertz CT molecular complexity index is 900. The molecule has 3 aromatic rings. The van der Waals surface area contributed by atoms with Gasteiger partial charge in [-0.1, -0.05) is 57.9 Å². The summed E-state index contributed by atoms with van der Waals surface area (Å²) in [6, 6.07) is 17.5. The summed E-state index contributed by atoms with van der Waals surface area (Å²) < 4.78 is 2.74. The molecule has 3 rings (SSSR count). The van der Waals surface area contributed by atoms with Crippen LogP contribution in [-0.2, 0) is 6.54 Å². The first-order valence-electron chi connectivity index (χ1n) is 7.78. The number of rotatable bonds is 5. The van der Waals surface area contributed by atoms with Crippen molar-refractivity contribution in [1.82, 2.24) is 15.2 Å². The van der Waals surface area contributed by atoms with Gasteiger partial charge in [0.25, 0.3) is 5.91 Å². The van der Waals surface area contributed by atoms with Gasteiger partial charge in [-0.15, -0.1) is 0 Å². The molecule has 126 valence electrons. The van der Waals surface area contributed by atoms with E-state index in [0.29, 0.717) is 12.2 Å². The molecular weight excluding hydrogens is 380 g/mol. The van der Waals surface area contributed by atoms with Crippen LogP contribution in [0, 0.1) is 6.92 Å². The number of aromatic nitrogens is 2. The van der Waals surface area contributed by atoms with E-state index in [1.54, 1.807) is 23.2 Å². The van der Waals surface area contributed by atoms with Crippen LogP contribution in [0.15, 0.2) is 70.4 Å². The summed E-state index contributed by atoms with van der Waals surface area (Å²) in [4.78, 5) is 12.1. The zero-order valence-electron chi connectivity index (χ0n) is 13.7. The van der Waals surface area contributed by atoms with Gasteiger partial charge < -0.3 is 0 Å². The molecule has 0 aliphatic carbocycles. The Balaban J connectivity index is 1.59. The van der Waals surface area contributed by atoms with Crippen molar-refractivity contribution in [2.24, 2.45) is 5.10 Å². The maximum Gasteiger partial charge on any atom is 0.291 e. The summed E-state index contributed by atoms with van der Waals surface area (Å²) in [5.74, 6) is -0.337. The Morgan fingerprint density at radius 3 is 2.80 bits per heavy atom. The van der Waals surface area contributed by atoms with Gasteiger partial charge in [0.1, 0.15) is 0 Å². The highest BCUT2D eigenvalue weighted by molar-refractivity contribution is 9.10. The summed E-state index contributed by atoms with van der Waals surface area (Å²) in [6.45, 7) is 2.62. The van der Waals surface area contributed by atoms with Gasteiger partial charge in [-0.05, 0) is 36.2 Å². The van der Waals surface area contributed by atoms with Gasteiger partial charge in [-0.2, -0.15) is 10.2 Å². The van der Waals surface area contributed by atoms with Crippen molar-refractivity contribution in [2.75, 3.05) is 0 Å². The molecule has 0 spiro atoms. The van der Waals surface area contributed by atoms with Crippen LogP contribution in [0.3, 0.4) is 0 Å². The molecule has 6 heteroatoms. The number of hydrazone groups is 1. The Morgan fingerprint density at radius 1 is 1.24 bits per heavy atom. The van der Waals surface area contributed by atoms with Crippen molar-refractivity contribution in [3.8, 4) is 0 Å². The summed E-state index contributed by atoms with van der Waals surface area (Å²) in [5, 5.41) is 8.26. The number of aryl methyl sites for hydroxylation is 1. The van der Waals surface area contributed by atoms with Crippen molar-refractivity contribution in [3.05, 3.63) is 87.7 Å². The highest BCUT2D eigenvalue weighted by Gasteiger charge is 2.08. The fourth-order valence-electron chi connectivity index (χ4n) is 2.27. The SMILES string of the molecule is Cc1ccc(C=NNC(=O)c2ccn(Cc3cccc(Br)c3)n2)cc1. The van der Waals surface area contributed by atoms with Gasteiger partial charge >= 0.3 is 0 Å². The van der Waals surface area contributed by atoms with Crippen LogP contribution in [0.4, 0.5) is 0 Å². The van der Waals surface area contributed by atoms with Gasteiger partial charge in [-0.25, -0.2) is 5.43 Å². The molecule has 0 fully saturated rings. The molecule has 0 radical (unpaired) electrons. The van der Waals surface area contributed by atoms with Gasteiger partial charge in [0.15, 0.2) is 5.69 Å². The Morgan fingerprint density at radius 2 is 2.04 bits per heavy atom. The van der Waals surface area contributed by atoms with E-state index in [4.69, 9.17) is 0 Å². The molecule has 0 saturated heterocycles. The molecule has 1 aromatic heterocycles. The van der Waals surface area contributed by atoms with Crippen LogP contribution in [-0.4, -0.2) is 21.9 Å². The highest BCUT2D eigenvalue weighted by Crippen LogP contribution is 2.12. The topological polar surface area (TPSA) is 59.3 Å². The minimum absolute atomic E-state index is 0.330. The third kappa shape index (κ3) is 4.87. The van der Waals surface area contributed by atoms with E-state index in [-0.39, 0.29) is 5.91 Å². The van der Waals surface area contributed by atoms with Crippen LogP contribution < -0.4 is 5.43 Å². The largest absolute Gasteiger partial charge is 0.291 e. The second-order valence-electron chi connectivity index (χ2n) is 5.64. The molecule has 2 aromatic carbocycles. The molecule has 25 heavy (non-hydrogen) atoms. The quantitative estimate of drug-likeness (QED) is 0.527. The summed E-state index contributed by atoms with van der Waals surface area (Å²) in [7, 11) is 0. The average Bonchev–Trinajstić information content (AvgIpc) is 3.05. The first-order valence-corrected chi connectivity index (χ1v) is 8.57. The molecule has 0 aliphatic heterocycles. The minimum Gasteiger partial charge on any atom is -0.268 e. The third-order valence-corrected chi connectivity index (χ3v) is 4.06. The maximum absolute atomic E-state index is 12.1. The number of benzene rings is 2. The smallest absolute Gasteiger partial charge is 0.268 e. The van der Waals surface area contributed by atoms with Gasteiger partial charge in [0.2, 0.25) is 0 Å². The van der Waals surface area contributed by atoms with Gasteiger partial charge in [0, 0.05) is 10.7 Å². The first kappa shape index (κ1) is 17.1. The van der Waals surface area contributed by atoms with Gasteiger partial charge in [0.05, 0.1) is 12.8 Å². The number of amides is 1. The predicted molar refractivity (Wildman–Crippen MR) is 102 cm³/mol. The molecule has 1 N–H and O–H groups in total. The number of carbonyl (C=O) groups excluding carboxylic acids is 1. The van der Waals surface area contributed by atoms with E-state index in [1.165, 1.54) is 5.56 Å². The average molecular weight is 397 g/mol. The van der Waals surface area contributed by atoms with E-state index >= 15 is 0 Å². The third-order valence-electron chi connectivity index (χ3n) is 3.56. The molecule has 1 amide bonds. The molecule has 1 heterocycles. The first-order chi connectivity index (χ1) is 12.1. The van der Waals surface area contributed by atoms with Crippen molar-refractivity contribution >= 4 is 28.1 Å². The molecule has 0 bridgehead atoms. The van der Waals surface area contributed by atoms with E-state index in [1.807, 2.05) is 55.5 Å². The highest BCUT2D eigenvalue weighted by atomic mass is 79.9. The second-order valence-corrected chi connectivity index (χ2v) is 6.55. The summed E-state index contributed by atoms with van der Waals surface area (Å²) in [6.07, 6.45) is 3.38. The van der Waals surface area contributed by atoms with Crippen LogP contribution in [0.5, 0.6) is 0 Å². The van der Waals surface area contributed by atoms with E-state index in [2.05, 4.69) is 31.6 Å². The lowest BCUT2D eigenvalue weighted by molar-refractivity contribution is 0.0949. The second kappa shape index (κ2) is 7.90. The van der Waals surface area contributed by atoms with Crippen molar-refractivity contribution < 1.29 is 4.79 Å². The van der Waals surface area contributed by atoms with Crippen molar-refractivity contribution in [3.63, 3.8) is 0 Å². The van der Waals surface area contributed by atoms with Crippen LogP contribution in [0.1, 0.15) is 27.2 Å². The lowest BCUT2D eigenvalue weighted by atomic mass is 10.2. The van der Waals surface area contributed by atoms with Gasteiger partial charge in [-0.3, -0.25) is 9.48 Å². The van der Waals surface area contributed by atoms with Crippen LogP contribution in [0.2, 0.25) is 0 Å². The lowest BCUT2D eigenvalue weighted by Crippen LogP contribution is -2.18. The number of hydrogen-bond acceptors (Lipinski definition) is 3. The van der Waals surface area contributed by atoms with E-state index < -0.39 is 0 Å². The number of nitrogens with zero attached hydrogens (tertiary/aromatic N) is 3. The predicted octanol–water partition coefficient (Wildman–Crippen LogP) is 3.77. The molecule has 0 unspecified atom stereocenters. The molecule has 0 saturated carbocycles. The van der Waals surface area contributed by atoms with E-state index in [0.717, 1.165) is 15.6 Å². The Labute approximate surface area is 154 Å². The Hall–Kier alpha value is -2.73. The monoisotopic (exact) mass is 396 g/mol. The fourth-order valence-corrected chi connectivity index (χ4v) is 2.72. The zero-order valence-corrected chi connectivity index (χ0v) is 15.3. The molecule has 0 atom stereocenters. The normalized spacial score (nSPS) is 11.0. The lowest BCUT2D eigenvalue weighted by Gasteiger charge is -2.02. The summed E-state index contributed by atoms with van der Waals surface area (Å²) in [5.41, 5.74) is 6.02. The summed E-state index contributed by atoms with van der Waals surface area (Å²) >= 11 is 3.45. The number of nitrogens with one attached hydrogen (secondary N) is 1. The molecule has 5 nitrogen and oxygen atoms in total. The molecular formula is C19H17BrN4O. The van der Waals surface area contributed by atoms with Crippen molar-refractivity contribution in [1.29, 1.82) is 0 Å². The van der Waals surface area contributed by atoms with Crippen molar-refractivity contribution in [2.45, 2.75) is 13.5 Å². The molecule has 0 aliphatic rings. The number of halogens is 1.